The molecule has 0 bridgehead atoms. The van der Waals surface area contributed by atoms with Crippen molar-refractivity contribution in [1.82, 2.24) is 39.5 Å². The Morgan fingerprint density at radius 3 is 0.855 bits per heavy atom. The lowest BCUT2D eigenvalue weighted by atomic mass is 10.1. The van der Waals surface area contributed by atoms with Gasteiger partial charge < -0.3 is 62.1 Å². The van der Waals surface area contributed by atoms with Crippen molar-refractivity contribution in [3.8, 4) is 0 Å². The molecule has 28 nitrogen and oxygen atoms in total. The Morgan fingerprint density at radius 2 is 0.532 bits per heavy atom. The van der Waals surface area contributed by atoms with E-state index in [2.05, 4.69) is 78.4 Å². The molecule has 8 amide bonds. The van der Waals surface area contributed by atoms with Gasteiger partial charge in [0.1, 0.15) is 46.6 Å². The number of anilines is 8. The number of pyridine rings is 4. The van der Waals surface area contributed by atoms with Crippen LogP contribution in [0.5, 0.6) is 0 Å². The van der Waals surface area contributed by atoms with Crippen molar-refractivity contribution < 1.29 is 38.4 Å². The summed E-state index contributed by atoms with van der Waals surface area (Å²) in [7, 11) is 14.2. The molecule has 632 valence electrons. The lowest BCUT2D eigenvalue weighted by Gasteiger charge is -2.15. The molecular weight excluding hydrogens is 1790 g/mol. The van der Waals surface area contributed by atoms with Crippen molar-refractivity contribution in [2.24, 2.45) is 0 Å². The van der Waals surface area contributed by atoms with Crippen LogP contribution < -0.4 is 42.5 Å². The molecule has 0 fully saturated rings. The molecule has 0 aliphatic rings. The fraction of sp³-hybridized carbons (Fsp3) is 0.0909. The van der Waals surface area contributed by atoms with Crippen molar-refractivity contribution in [2.75, 3.05) is 98.9 Å². The van der Waals surface area contributed by atoms with Gasteiger partial charge in [0, 0.05) is 140 Å². The first-order chi connectivity index (χ1) is 59.0. The van der Waals surface area contributed by atoms with Crippen molar-refractivity contribution >= 4 is 214 Å². The van der Waals surface area contributed by atoms with Gasteiger partial charge in [-0.2, -0.15) is 0 Å². The molecule has 12 aromatic rings. The van der Waals surface area contributed by atoms with Crippen LogP contribution in [0, 0.1) is 21.6 Å². The van der Waals surface area contributed by atoms with E-state index in [-0.39, 0.29) is 50.1 Å². The van der Waals surface area contributed by atoms with E-state index in [1.54, 1.807) is 270 Å². The first-order valence-electron chi connectivity index (χ1n) is 36.6. The predicted molar refractivity (Wildman–Crippen MR) is 497 cm³/mol. The highest BCUT2D eigenvalue weighted by Gasteiger charge is 2.24. The second-order valence-corrected chi connectivity index (χ2v) is 31.0. The lowest BCUT2D eigenvalue weighted by molar-refractivity contribution is 0.101. The molecule has 4 heterocycles. The van der Waals surface area contributed by atoms with Crippen LogP contribution in [0.1, 0.15) is 105 Å². The number of hydrogen-bond acceptors (Lipinski definition) is 16. The Kier molecular flexibility index (Phi) is 33.7. The zero-order valence-electron chi connectivity index (χ0n) is 67.0. The average Bonchev–Trinajstić information content (AvgIpc) is 1.34. The SMILES string of the molecule is CN(C)C(=N)c1ccc(C(=O)Nc2c(Cl)cc(Cl)cc2C(=O)Nc2ccc(Cl)cn2)cc1.CN(C)C(=N)c1ccc(C(=O)Nc2ccc(Br)cc2C(=O)Nc2ccc(Cl)cn2)cc1.CN(C)C(=N)c1ccc(C(=O)Nc2ccc(Cl)cc2C(=O)Nc2ccc(Cl)cn2)cc1.CN(C)C(=N)c1ccc(C(=O)Nc2ccccc2C(=O)Nc2ccc(Cl)cn2)cc1. The molecule has 36 heteroatoms. The van der Waals surface area contributed by atoms with Gasteiger partial charge >= 0.3 is 0 Å². The van der Waals surface area contributed by atoms with Gasteiger partial charge in [-0.15, -0.1) is 0 Å². The highest BCUT2D eigenvalue weighted by molar-refractivity contribution is 9.10. The Labute approximate surface area is 756 Å². The molecule has 0 atom stereocenters. The van der Waals surface area contributed by atoms with Gasteiger partial charge in [-0.1, -0.05) is 158 Å². The third-order valence-corrected chi connectivity index (χ3v) is 19.4. The van der Waals surface area contributed by atoms with E-state index in [0.717, 1.165) is 0 Å². The van der Waals surface area contributed by atoms with Crippen molar-refractivity contribution in [3.63, 3.8) is 0 Å². The minimum Gasteiger partial charge on any atom is -0.363 e. The van der Waals surface area contributed by atoms with Crippen LogP contribution in [-0.2, 0) is 0 Å². The predicted octanol–water partition coefficient (Wildman–Crippen LogP) is 19.2. The summed E-state index contributed by atoms with van der Waals surface area (Å²) in [4.78, 5) is 125. The minimum atomic E-state index is -0.561. The standard InChI is InChI=1S/C22H19BrClN5O2.C22H18Cl3N5O2.C22H19Cl2N5O2.C22H20ClN5O2/c1-29(2)20(25)13-3-5-14(6-4-13)21(30)27-18-9-7-15(23)11-17(18)22(31)28-19-10-8-16(24)12-26-19;1-30(2)20(26)12-3-5-13(6-4-12)21(31)29-19-16(9-15(24)10-17(19)25)22(32)28-18-8-7-14(23)11-27-18;1-29(2)20(25)13-3-5-14(6-4-13)21(30)27-18-9-7-15(23)11-17(18)22(31)28-19-10-8-16(24)12-26-19;1-28(2)20(24)14-7-9-15(10-8-14)21(29)26-18-6-4-3-5-17(18)22(30)27-19-12-11-16(23)13-25-19/h3-12,25H,1-2H3,(H,27,30)(H,26,28,31);3-11,26H,1-2H3,(H,29,31)(H,27,28,32);3-12,25H,1-2H3,(H,27,30)(H,26,28,31);3-13,24H,1-2H3,(H,26,29)(H,25,27,30). The number of benzene rings is 8. The number of amides is 8. The van der Waals surface area contributed by atoms with E-state index in [4.69, 9.17) is 103 Å². The van der Waals surface area contributed by atoms with Gasteiger partial charge in [-0.3, -0.25) is 60.0 Å². The molecule has 0 unspecified atom stereocenters. The third kappa shape index (κ3) is 27.0. The maximum atomic E-state index is 12.8. The molecule has 0 aliphatic carbocycles. The van der Waals surface area contributed by atoms with Crippen molar-refractivity contribution in [3.05, 3.63) is 350 Å². The van der Waals surface area contributed by atoms with Crippen LogP contribution in [0.2, 0.25) is 35.2 Å². The smallest absolute Gasteiger partial charge is 0.259 e. The third-order valence-electron chi connectivity index (χ3n) is 17.3. The summed E-state index contributed by atoms with van der Waals surface area (Å²) in [6.07, 6.45) is 5.67. The average molecular weight is 1870 g/mol. The van der Waals surface area contributed by atoms with Gasteiger partial charge in [0.05, 0.1) is 70.1 Å². The van der Waals surface area contributed by atoms with Crippen LogP contribution in [0.15, 0.2) is 248 Å². The summed E-state index contributed by atoms with van der Waals surface area (Å²) in [5.74, 6) is -0.881. The van der Waals surface area contributed by atoms with Gasteiger partial charge in [0.25, 0.3) is 47.3 Å². The van der Waals surface area contributed by atoms with E-state index >= 15 is 0 Å². The number of nitrogens with one attached hydrogen (secondary N) is 12. The van der Waals surface area contributed by atoms with E-state index < -0.39 is 35.4 Å². The summed E-state index contributed by atoms with van der Waals surface area (Å²) in [5, 5.41) is 56.1. The molecule has 0 spiro atoms. The van der Waals surface area contributed by atoms with Crippen LogP contribution in [0.4, 0.5) is 46.0 Å². The van der Waals surface area contributed by atoms with E-state index in [1.165, 1.54) is 49.1 Å². The topological polar surface area (TPSA) is 393 Å². The molecule has 4 aromatic heterocycles. The fourth-order valence-electron chi connectivity index (χ4n) is 10.7. The largest absolute Gasteiger partial charge is 0.363 e. The molecule has 12 N–H and O–H groups in total. The van der Waals surface area contributed by atoms with Crippen LogP contribution >= 0.6 is 97.1 Å². The second kappa shape index (κ2) is 44.3. The molecule has 8 aromatic carbocycles. The quantitative estimate of drug-likeness (QED) is 0.0249. The lowest BCUT2D eigenvalue weighted by Crippen LogP contribution is -2.22. The molecule has 124 heavy (non-hydrogen) atoms. The van der Waals surface area contributed by atoms with Crippen LogP contribution in [0.3, 0.4) is 0 Å². The molecule has 0 aliphatic heterocycles. The van der Waals surface area contributed by atoms with E-state index in [1.807, 2.05) is 0 Å². The van der Waals surface area contributed by atoms with Crippen LogP contribution in [-0.4, -0.2) is 167 Å². The summed E-state index contributed by atoms with van der Waals surface area (Å²) in [6.45, 7) is 0. The number of carbonyl (C=O) groups excluding carboxylic acids is 8. The number of nitrogens with zero attached hydrogens (tertiary/aromatic N) is 8. The number of amidine groups is 4. The number of halogens is 8. The van der Waals surface area contributed by atoms with Crippen molar-refractivity contribution in [2.45, 2.75) is 0 Å². The summed E-state index contributed by atoms with van der Waals surface area (Å²) >= 11 is 45.1. The number of carbonyl (C=O) groups is 8. The van der Waals surface area contributed by atoms with E-state index in [0.29, 0.717) is 138 Å². The molecule has 0 saturated carbocycles. The Morgan fingerprint density at radius 1 is 0.266 bits per heavy atom. The Balaban J connectivity index is 0.000000187. The number of para-hydroxylation sites is 1. The molecule has 0 saturated heterocycles. The molecule has 12 rings (SSSR count). The summed E-state index contributed by atoms with van der Waals surface area (Å²) < 4.78 is 0.686. The van der Waals surface area contributed by atoms with Gasteiger partial charge in [-0.25, -0.2) is 19.9 Å². The first kappa shape index (κ1) is 94.4. The van der Waals surface area contributed by atoms with E-state index in [9.17, 15) is 38.4 Å². The highest BCUT2D eigenvalue weighted by Crippen LogP contribution is 2.33. The monoisotopic (exact) mass is 1860 g/mol. The first-order valence-corrected chi connectivity index (χ1v) is 40.0. The van der Waals surface area contributed by atoms with Gasteiger partial charge in [0.2, 0.25) is 0 Å². The maximum absolute atomic E-state index is 12.8. The van der Waals surface area contributed by atoms with Gasteiger partial charge in [-0.05, 0) is 158 Å². The number of aromatic nitrogens is 4. The minimum absolute atomic E-state index is 0.0682. The van der Waals surface area contributed by atoms with Crippen molar-refractivity contribution in [1.29, 1.82) is 21.6 Å². The molecular formula is C88H76BrCl7N20O8. The second-order valence-electron chi connectivity index (χ2n) is 27.1. The van der Waals surface area contributed by atoms with Gasteiger partial charge in [0.15, 0.2) is 0 Å². The zero-order valence-corrected chi connectivity index (χ0v) is 73.8. The maximum Gasteiger partial charge on any atom is 0.259 e. The number of hydrogen-bond donors (Lipinski definition) is 12. The number of rotatable bonds is 20. The molecule has 0 radical (unpaired) electrons. The summed E-state index contributed by atoms with van der Waals surface area (Å²) in [6, 6.07) is 58.4. The Bertz CT molecular complexity index is 5800. The van der Waals surface area contributed by atoms with Crippen LogP contribution in [0.25, 0.3) is 0 Å². The Hall–Kier alpha value is -13.5. The zero-order chi connectivity index (χ0) is 90.2. The highest BCUT2D eigenvalue weighted by atomic mass is 79.9. The normalized spacial score (nSPS) is 10.3. The fourth-order valence-corrected chi connectivity index (χ4v) is 12.3. The summed E-state index contributed by atoms with van der Waals surface area (Å²) in [5.41, 5.74) is 6.23.